The molecule has 6 nitrogen and oxygen atoms in total. The maximum atomic E-state index is 11.9. The Balaban J connectivity index is 1.55. The minimum Gasteiger partial charge on any atom is -0.455 e. The molecule has 2 heterocycles. The molecule has 0 saturated carbocycles. The molecule has 0 atom stereocenters. The van der Waals surface area contributed by atoms with Crippen molar-refractivity contribution in [2.24, 2.45) is 5.10 Å². The van der Waals surface area contributed by atoms with Crippen molar-refractivity contribution in [2.45, 2.75) is 19.0 Å². The largest absolute Gasteiger partial charge is 0.455 e. The van der Waals surface area contributed by atoms with Crippen molar-refractivity contribution in [1.82, 2.24) is 15.4 Å². The maximum absolute atomic E-state index is 11.9. The van der Waals surface area contributed by atoms with Crippen LogP contribution in [0.15, 0.2) is 51.1 Å². The lowest BCUT2D eigenvalue weighted by molar-refractivity contribution is -0.118. The van der Waals surface area contributed by atoms with Crippen molar-refractivity contribution < 1.29 is 9.21 Å². The fourth-order valence-electron chi connectivity index (χ4n) is 2.34. The van der Waals surface area contributed by atoms with E-state index < -0.39 is 0 Å². The summed E-state index contributed by atoms with van der Waals surface area (Å²) in [5.74, 6) is 0.912. The Kier molecular flexibility index (Phi) is 6.72. The molecule has 0 unspecified atom stereocenters. The Labute approximate surface area is 176 Å². The van der Waals surface area contributed by atoms with Crippen molar-refractivity contribution in [3.63, 3.8) is 0 Å². The van der Waals surface area contributed by atoms with E-state index in [1.165, 1.54) is 18.0 Å². The van der Waals surface area contributed by atoms with Crippen LogP contribution in [-0.2, 0) is 4.79 Å². The molecular formula is C19H16Cl2N4O2S. The summed E-state index contributed by atoms with van der Waals surface area (Å²) in [4.78, 5) is 20.5. The fraction of sp³-hybridized carbons (Fsp3) is 0.158. The highest BCUT2D eigenvalue weighted by molar-refractivity contribution is 7.99. The maximum Gasteiger partial charge on any atom is 0.250 e. The smallest absolute Gasteiger partial charge is 0.250 e. The monoisotopic (exact) mass is 434 g/mol. The highest BCUT2D eigenvalue weighted by atomic mass is 35.5. The van der Waals surface area contributed by atoms with Crippen molar-refractivity contribution in [1.29, 1.82) is 0 Å². The Morgan fingerprint density at radius 1 is 1.18 bits per heavy atom. The molecule has 2 aromatic heterocycles. The van der Waals surface area contributed by atoms with Gasteiger partial charge in [-0.25, -0.2) is 15.4 Å². The summed E-state index contributed by atoms with van der Waals surface area (Å²) >= 11 is 13.4. The summed E-state index contributed by atoms with van der Waals surface area (Å²) in [6.45, 7) is 3.77. The number of furan rings is 1. The minimum atomic E-state index is -0.270. The lowest BCUT2D eigenvalue weighted by atomic mass is 10.2. The van der Waals surface area contributed by atoms with Gasteiger partial charge in [-0.05, 0) is 50.2 Å². The number of rotatable bonds is 6. The third-order valence-electron chi connectivity index (χ3n) is 3.50. The Hall–Kier alpha value is -2.35. The molecule has 0 aliphatic rings. The van der Waals surface area contributed by atoms with Crippen LogP contribution in [0.3, 0.4) is 0 Å². The lowest BCUT2D eigenvalue weighted by Crippen LogP contribution is -2.19. The number of benzene rings is 1. The van der Waals surface area contributed by atoms with Crippen LogP contribution in [0.4, 0.5) is 0 Å². The van der Waals surface area contributed by atoms with Gasteiger partial charge in [0, 0.05) is 22.0 Å². The summed E-state index contributed by atoms with van der Waals surface area (Å²) in [5.41, 5.74) is 4.86. The number of nitrogens with one attached hydrogen (secondary N) is 1. The van der Waals surface area contributed by atoms with E-state index in [4.69, 9.17) is 27.6 Å². The van der Waals surface area contributed by atoms with E-state index in [1.807, 2.05) is 19.9 Å². The molecule has 1 aromatic carbocycles. The molecule has 0 radical (unpaired) electrons. The van der Waals surface area contributed by atoms with Crippen molar-refractivity contribution in [3.8, 4) is 11.3 Å². The summed E-state index contributed by atoms with van der Waals surface area (Å²) < 4.78 is 5.67. The molecule has 9 heteroatoms. The number of hydrogen-bond acceptors (Lipinski definition) is 6. The highest BCUT2D eigenvalue weighted by Gasteiger charge is 2.09. The molecule has 1 amide bonds. The molecule has 0 saturated heterocycles. The van der Waals surface area contributed by atoms with Crippen LogP contribution in [0.5, 0.6) is 0 Å². The molecular weight excluding hydrogens is 419 g/mol. The molecule has 0 fully saturated rings. The van der Waals surface area contributed by atoms with Gasteiger partial charge in [0.15, 0.2) is 5.16 Å². The number of amides is 1. The number of halogens is 2. The van der Waals surface area contributed by atoms with Crippen LogP contribution in [0.2, 0.25) is 10.0 Å². The second kappa shape index (κ2) is 9.23. The van der Waals surface area contributed by atoms with E-state index in [0.29, 0.717) is 32.3 Å². The van der Waals surface area contributed by atoms with Crippen LogP contribution in [0.1, 0.15) is 17.1 Å². The summed E-state index contributed by atoms with van der Waals surface area (Å²) in [6.07, 6.45) is 1.41. The number of carbonyl (C=O) groups is 1. The zero-order valence-electron chi connectivity index (χ0n) is 15.1. The summed E-state index contributed by atoms with van der Waals surface area (Å²) in [5, 5.41) is 5.55. The standard InChI is InChI=1S/C19H16Cl2N4O2S/c1-11-7-12(2)24-19(23-11)28-10-18(26)25-22-9-14-4-6-17(27-14)15-8-13(20)3-5-16(15)21/h3-9H,10H2,1-2H3,(H,25,26)/b22-9+. The van der Waals surface area contributed by atoms with E-state index in [1.54, 1.807) is 30.3 Å². The molecule has 0 aliphatic heterocycles. The predicted molar refractivity (Wildman–Crippen MR) is 112 cm³/mol. The summed E-state index contributed by atoms with van der Waals surface area (Å²) in [6, 6.07) is 10.5. The van der Waals surface area contributed by atoms with Crippen LogP contribution in [0, 0.1) is 13.8 Å². The first kappa shape index (κ1) is 20.4. The lowest BCUT2D eigenvalue weighted by Gasteiger charge is -2.02. The van der Waals surface area contributed by atoms with Gasteiger partial charge >= 0.3 is 0 Å². The molecule has 3 rings (SSSR count). The number of hydrazone groups is 1. The van der Waals surface area contributed by atoms with Crippen LogP contribution in [-0.4, -0.2) is 27.8 Å². The van der Waals surface area contributed by atoms with Gasteiger partial charge in [0.05, 0.1) is 17.0 Å². The molecule has 3 aromatic rings. The molecule has 28 heavy (non-hydrogen) atoms. The van der Waals surface area contributed by atoms with Crippen molar-refractivity contribution in [3.05, 3.63) is 63.6 Å². The predicted octanol–water partition coefficient (Wildman–Crippen LogP) is 4.90. The van der Waals surface area contributed by atoms with Crippen LogP contribution < -0.4 is 5.43 Å². The quantitative estimate of drug-likeness (QED) is 0.258. The normalized spacial score (nSPS) is 11.1. The SMILES string of the molecule is Cc1cc(C)nc(SCC(=O)N/N=C/c2ccc(-c3cc(Cl)ccc3Cl)o2)n1. The average Bonchev–Trinajstić information content (AvgIpc) is 3.10. The number of aryl methyl sites for hydroxylation is 2. The van der Waals surface area contributed by atoms with Crippen molar-refractivity contribution >= 4 is 47.1 Å². The van der Waals surface area contributed by atoms with Crippen molar-refractivity contribution in [2.75, 3.05) is 5.75 Å². The highest BCUT2D eigenvalue weighted by Crippen LogP contribution is 2.31. The van der Waals surface area contributed by atoms with E-state index in [-0.39, 0.29) is 11.7 Å². The number of hydrogen-bond donors (Lipinski definition) is 1. The van der Waals surface area contributed by atoms with Gasteiger partial charge in [0.1, 0.15) is 11.5 Å². The minimum absolute atomic E-state index is 0.155. The Bertz CT molecular complexity index is 1020. The van der Waals surface area contributed by atoms with E-state index in [2.05, 4.69) is 20.5 Å². The van der Waals surface area contributed by atoms with Gasteiger partial charge in [0.2, 0.25) is 0 Å². The first-order valence-electron chi connectivity index (χ1n) is 8.23. The Morgan fingerprint density at radius 2 is 1.93 bits per heavy atom. The second-order valence-corrected chi connectivity index (χ2v) is 7.63. The van der Waals surface area contributed by atoms with Gasteiger partial charge in [-0.1, -0.05) is 35.0 Å². The first-order chi connectivity index (χ1) is 13.4. The average molecular weight is 435 g/mol. The topological polar surface area (TPSA) is 80.4 Å². The third kappa shape index (κ3) is 5.58. The molecule has 144 valence electrons. The number of carbonyl (C=O) groups excluding carboxylic acids is 1. The van der Waals surface area contributed by atoms with E-state index >= 15 is 0 Å². The van der Waals surface area contributed by atoms with Gasteiger partial charge in [-0.2, -0.15) is 5.10 Å². The Morgan fingerprint density at radius 3 is 2.68 bits per heavy atom. The zero-order chi connectivity index (χ0) is 20.1. The number of thioether (sulfide) groups is 1. The van der Waals surface area contributed by atoms with Gasteiger partial charge < -0.3 is 4.42 Å². The van der Waals surface area contributed by atoms with Gasteiger partial charge in [0.25, 0.3) is 5.91 Å². The first-order valence-corrected chi connectivity index (χ1v) is 9.97. The second-order valence-electron chi connectivity index (χ2n) is 5.84. The fourth-order valence-corrected chi connectivity index (χ4v) is 3.47. The number of aromatic nitrogens is 2. The molecule has 0 aliphatic carbocycles. The van der Waals surface area contributed by atoms with E-state index in [9.17, 15) is 4.79 Å². The van der Waals surface area contributed by atoms with Crippen LogP contribution in [0.25, 0.3) is 11.3 Å². The van der Waals surface area contributed by atoms with Gasteiger partial charge in [-0.3, -0.25) is 4.79 Å². The van der Waals surface area contributed by atoms with Gasteiger partial charge in [-0.15, -0.1) is 0 Å². The summed E-state index contributed by atoms with van der Waals surface area (Å²) in [7, 11) is 0. The number of nitrogens with zero attached hydrogens (tertiary/aromatic N) is 3. The molecule has 0 spiro atoms. The molecule has 1 N–H and O–H groups in total. The zero-order valence-corrected chi connectivity index (χ0v) is 17.4. The molecule has 0 bridgehead atoms. The third-order valence-corrected chi connectivity index (χ3v) is 4.91. The van der Waals surface area contributed by atoms with Crippen LogP contribution >= 0.6 is 35.0 Å². The van der Waals surface area contributed by atoms with E-state index in [0.717, 1.165) is 11.4 Å².